The number of rotatable bonds is 2. The molecule has 2 aromatic rings. The fourth-order valence-electron chi connectivity index (χ4n) is 2.55. The highest BCUT2D eigenvalue weighted by molar-refractivity contribution is 7.99. The fourth-order valence-corrected chi connectivity index (χ4v) is 3.56. The molecule has 0 aliphatic carbocycles. The molecule has 0 atom stereocenters. The van der Waals surface area contributed by atoms with Crippen LogP contribution >= 0.6 is 11.8 Å². The van der Waals surface area contributed by atoms with Gasteiger partial charge in [0, 0.05) is 23.7 Å². The number of aryl methyl sites for hydroxylation is 1. The van der Waals surface area contributed by atoms with Crippen LogP contribution < -0.4 is 0 Å². The molecule has 1 aromatic heterocycles. The van der Waals surface area contributed by atoms with Gasteiger partial charge in [-0.25, -0.2) is 9.18 Å². The summed E-state index contributed by atoms with van der Waals surface area (Å²) in [6, 6.07) is 3.21. The second-order valence-corrected chi connectivity index (χ2v) is 7.91. The summed E-state index contributed by atoms with van der Waals surface area (Å²) < 4.78 is 21.3. The number of hydrogen-bond acceptors (Lipinski definition) is 4. The molecule has 0 bridgehead atoms. The molecule has 1 aliphatic rings. The molecule has 0 spiro atoms. The summed E-state index contributed by atoms with van der Waals surface area (Å²) in [6.45, 7) is 6.04. The van der Waals surface area contributed by atoms with Gasteiger partial charge in [0.05, 0.1) is 24.2 Å². The molecule has 2 heterocycles. The Labute approximate surface area is 144 Å². The Morgan fingerprint density at radius 2 is 2.00 bits per heavy atom. The first-order chi connectivity index (χ1) is 11.2. The van der Waals surface area contributed by atoms with Crippen molar-refractivity contribution >= 4 is 17.9 Å². The molecule has 7 heteroatoms. The molecule has 0 saturated carbocycles. The van der Waals surface area contributed by atoms with Crippen molar-refractivity contribution in [1.29, 1.82) is 0 Å². The van der Waals surface area contributed by atoms with Crippen LogP contribution in [0.25, 0.3) is 0 Å². The zero-order valence-corrected chi connectivity index (χ0v) is 15.0. The minimum atomic E-state index is -0.572. The first kappa shape index (κ1) is 16.8. The smallest absolute Gasteiger partial charge is 0.410 e. The number of benzene rings is 1. The number of hydrogen-bond donors (Lipinski definition) is 0. The molecule has 0 unspecified atom stereocenters. The van der Waals surface area contributed by atoms with Crippen LogP contribution in [0.5, 0.6) is 0 Å². The maximum atomic E-state index is 14.2. The molecule has 0 radical (unpaired) electrons. The van der Waals surface area contributed by atoms with Crippen molar-refractivity contribution in [3.05, 3.63) is 41.5 Å². The van der Waals surface area contributed by atoms with Gasteiger partial charge in [-0.3, -0.25) is 9.58 Å². The third-order valence-electron chi connectivity index (χ3n) is 3.59. The number of halogens is 1. The third-order valence-corrected chi connectivity index (χ3v) is 4.64. The molecular weight excluding hydrogens is 329 g/mol. The Kier molecular flexibility index (Phi) is 4.29. The lowest BCUT2D eigenvalue weighted by molar-refractivity contribution is 0.0240. The van der Waals surface area contributed by atoms with Gasteiger partial charge >= 0.3 is 6.09 Å². The van der Waals surface area contributed by atoms with Crippen LogP contribution in [0.4, 0.5) is 9.18 Å². The number of amides is 1. The van der Waals surface area contributed by atoms with Crippen molar-refractivity contribution in [3.8, 4) is 0 Å². The normalized spacial score (nSPS) is 14.0. The van der Waals surface area contributed by atoms with Crippen LogP contribution in [0.2, 0.25) is 0 Å². The zero-order chi connectivity index (χ0) is 17.5. The Hall–Kier alpha value is -2.02. The SMILES string of the molecule is Cn1cc(Sc2ccc(F)c3c2CN(C(=O)OC(C)(C)C)C3)cn1. The molecule has 24 heavy (non-hydrogen) atoms. The quantitative estimate of drug-likeness (QED) is 0.823. The van der Waals surface area contributed by atoms with Crippen LogP contribution in [-0.2, 0) is 24.9 Å². The van der Waals surface area contributed by atoms with Gasteiger partial charge in [-0.2, -0.15) is 5.10 Å². The van der Waals surface area contributed by atoms with E-state index in [9.17, 15) is 9.18 Å². The summed E-state index contributed by atoms with van der Waals surface area (Å²) in [5.74, 6) is -0.286. The van der Waals surface area contributed by atoms with Crippen LogP contribution in [0.15, 0.2) is 34.3 Å². The third kappa shape index (κ3) is 3.56. The summed E-state index contributed by atoms with van der Waals surface area (Å²) >= 11 is 1.52. The van der Waals surface area contributed by atoms with Crippen molar-refractivity contribution < 1.29 is 13.9 Å². The van der Waals surface area contributed by atoms with Crippen molar-refractivity contribution in [3.63, 3.8) is 0 Å². The van der Waals surface area contributed by atoms with E-state index in [2.05, 4.69) is 5.10 Å². The number of aromatic nitrogens is 2. The van der Waals surface area contributed by atoms with Crippen molar-refractivity contribution in [2.75, 3.05) is 0 Å². The summed E-state index contributed by atoms with van der Waals surface area (Å²) in [4.78, 5) is 15.7. The summed E-state index contributed by atoms with van der Waals surface area (Å²) in [7, 11) is 1.85. The van der Waals surface area contributed by atoms with E-state index in [1.165, 1.54) is 22.7 Å². The number of carbonyl (C=O) groups is 1. The summed E-state index contributed by atoms with van der Waals surface area (Å²) in [5.41, 5.74) is 0.835. The van der Waals surface area contributed by atoms with E-state index in [4.69, 9.17) is 4.74 Å². The summed E-state index contributed by atoms with van der Waals surface area (Å²) in [5, 5.41) is 4.14. The molecule has 1 aliphatic heterocycles. The second kappa shape index (κ2) is 6.12. The predicted molar refractivity (Wildman–Crippen MR) is 89.2 cm³/mol. The van der Waals surface area contributed by atoms with Gasteiger partial charge in [-0.05, 0) is 38.5 Å². The van der Waals surface area contributed by atoms with E-state index in [-0.39, 0.29) is 12.4 Å². The van der Waals surface area contributed by atoms with Crippen LogP contribution in [-0.4, -0.2) is 26.4 Å². The molecule has 0 N–H and O–H groups in total. The minimum absolute atomic E-state index is 0.234. The lowest BCUT2D eigenvalue weighted by atomic mass is 10.1. The van der Waals surface area contributed by atoms with Crippen molar-refractivity contribution in [1.82, 2.24) is 14.7 Å². The molecule has 5 nitrogen and oxygen atoms in total. The highest BCUT2D eigenvalue weighted by atomic mass is 32.2. The highest BCUT2D eigenvalue weighted by Gasteiger charge is 2.31. The van der Waals surface area contributed by atoms with E-state index < -0.39 is 11.7 Å². The molecule has 0 saturated heterocycles. The highest BCUT2D eigenvalue weighted by Crippen LogP contribution is 2.37. The summed E-state index contributed by atoms with van der Waals surface area (Å²) in [6.07, 6.45) is 3.25. The van der Waals surface area contributed by atoms with E-state index in [0.29, 0.717) is 12.1 Å². The predicted octanol–water partition coefficient (Wildman–Crippen LogP) is 3.96. The fraction of sp³-hybridized carbons (Fsp3) is 0.412. The Bertz CT molecular complexity index is 783. The standard InChI is InChI=1S/C17H20FN3O2S/c1-17(2,3)23-16(22)21-9-12-13(10-21)15(6-5-14(12)18)24-11-7-19-20(4)8-11/h5-8H,9-10H2,1-4H3. The van der Waals surface area contributed by atoms with Crippen molar-refractivity contribution in [2.24, 2.45) is 7.05 Å². The lowest BCUT2D eigenvalue weighted by Gasteiger charge is -2.24. The van der Waals surface area contributed by atoms with Crippen LogP contribution in [0.3, 0.4) is 0 Å². The van der Waals surface area contributed by atoms with E-state index in [1.807, 2.05) is 34.0 Å². The van der Waals surface area contributed by atoms with E-state index in [1.54, 1.807) is 16.9 Å². The van der Waals surface area contributed by atoms with Crippen LogP contribution in [0.1, 0.15) is 31.9 Å². The molecule has 3 rings (SSSR count). The average Bonchev–Trinajstić information content (AvgIpc) is 3.07. The Morgan fingerprint density at radius 1 is 1.29 bits per heavy atom. The topological polar surface area (TPSA) is 47.4 Å². The average molecular weight is 349 g/mol. The lowest BCUT2D eigenvalue weighted by Crippen LogP contribution is -2.33. The molecule has 128 valence electrons. The Morgan fingerprint density at radius 3 is 2.62 bits per heavy atom. The number of ether oxygens (including phenoxy) is 1. The second-order valence-electron chi connectivity index (χ2n) is 6.79. The monoisotopic (exact) mass is 349 g/mol. The largest absolute Gasteiger partial charge is 0.444 e. The molecule has 0 fully saturated rings. The first-order valence-corrected chi connectivity index (χ1v) is 8.49. The van der Waals surface area contributed by atoms with E-state index >= 15 is 0 Å². The van der Waals surface area contributed by atoms with Gasteiger partial charge in [0.1, 0.15) is 11.4 Å². The van der Waals surface area contributed by atoms with Gasteiger partial charge in [-0.15, -0.1) is 0 Å². The van der Waals surface area contributed by atoms with Gasteiger partial charge in [0.15, 0.2) is 0 Å². The maximum absolute atomic E-state index is 14.2. The van der Waals surface area contributed by atoms with Gasteiger partial charge in [0.2, 0.25) is 0 Å². The van der Waals surface area contributed by atoms with Gasteiger partial charge in [-0.1, -0.05) is 11.8 Å². The van der Waals surface area contributed by atoms with Gasteiger partial charge < -0.3 is 4.74 Å². The molecular formula is C17H20FN3O2S. The Balaban J connectivity index is 1.83. The van der Waals surface area contributed by atoms with Crippen LogP contribution in [0, 0.1) is 5.82 Å². The number of fused-ring (bicyclic) bond motifs is 1. The maximum Gasteiger partial charge on any atom is 0.410 e. The van der Waals surface area contributed by atoms with Crippen molar-refractivity contribution in [2.45, 2.75) is 49.3 Å². The first-order valence-electron chi connectivity index (χ1n) is 7.67. The zero-order valence-electron chi connectivity index (χ0n) is 14.2. The molecule has 1 amide bonds. The number of carbonyl (C=O) groups excluding carboxylic acids is 1. The van der Waals surface area contributed by atoms with E-state index in [0.717, 1.165) is 15.4 Å². The van der Waals surface area contributed by atoms with Gasteiger partial charge in [0.25, 0.3) is 0 Å². The molecule has 1 aromatic carbocycles. The number of nitrogens with zero attached hydrogens (tertiary/aromatic N) is 3. The minimum Gasteiger partial charge on any atom is -0.444 e.